The van der Waals surface area contributed by atoms with E-state index in [4.69, 9.17) is 6.42 Å². The SMILES string of the molecule is C#CC1Cc2cccc3cccc1c23. The fraction of sp³-hybridized carbons (Fsp3) is 0.143. The van der Waals surface area contributed by atoms with Gasteiger partial charge in [-0.15, -0.1) is 6.42 Å². The van der Waals surface area contributed by atoms with Crippen LogP contribution in [-0.4, -0.2) is 0 Å². The van der Waals surface area contributed by atoms with Crippen molar-refractivity contribution in [3.05, 3.63) is 47.5 Å². The first-order chi connectivity index (χ1) is 6.90. The Balaban J connectivity index is 2.45. The van der Waals surface area contributed by atoms with Crippen LogP contribution in [0.1, 0.15) is 17.0 Å². The van der Waals surface area contributed by atoms with E-state index in [-0.39, 0.29) is 5.92 Å². The molecule has 1 aliphatic rings. The number of rotatable bonds is 0. The topological polar surface area (TPSA) is 0 Å². The number of terminal acetylenes is 1. The van der Waals surface area contributed by atoms with Gasteiger partial charge in [-0.05, 0) is 28.3 Å². The van der Waals surface area contributed by atoms with Gasteiger partial charge in [0.1, 0.15) is 0 Å². The summed E-state index contributed by atoms with van der Waals surface area (Å²) < 4.78 is 0. The van der Waals surface area contributed by atoms with E-state index in [1.807, 2.05) is 0 Å². The van der Waals surface area contributed by atoms with Gasteiger partial charge < -0.3 is 0 Å². The van der Waals surface area contributed by atoms with E-state index >= 15 is 0 Å². The summed E-state index contributed by atoms with van der Waals surface area (Å²) in [5.74, 6) is 3.16. The Bertz CT molecular complexity index is 538. The molecule has 0 aliphatic heterocycles. The lowest BCUT2D eigenvalue weighted by Gasteiger charge is -2.02. The van der Waals surface area contributed by atoms with Crippen molar-refractivity contribution in [2.45, 2.75) is 12.3 Å². The van der Waals surface area contributed by atoms with Crippen molar-refractivity contribution >= 4 is 10.8 Å². The van der Waals surface area contributed by atoms with E-state index in [2.05, 4.69) is 42.3 Å². The van der Waals surface area contributed by atoms with Gasteiger partial charge >= 0.3 is 0 Å². The second kappa shape index (κ2) is 2.62. The Kier molecular flexibility index (Phi) is 1.43. The smallest absolute Gasteiger partial charge is 0.0496 e. The Morgan fingerprint density at radius 1 is 1.14 bits per heavy atom. The quantitative estimate of drug-likeness (QED) is 0.544. The molecule has 0 nitrogen and oxygen atoms in total. The molecule has 1 aliphatic carbocycles. The van der Waals surface area contributed by atoms with Crippen molar-refractivity contribution in [1.29, 1.82) is 0 Å². The standard InChI is InChI=1S/C14H10/c1-2-10-9-12-7-3-5-11-6-4-8-13(10)14(11)12/h1,3-8,10H,9H2. The molecule has 1 unspecified atom stereocenters. The van der Waals surface area contributed by atoms with Crippen molar-refractivity contribution in [1.82, 2.24) is 0 Å². The maximum absolute atomic E-state index is 5.54. The van der Waals surface area contributed by atoms with Gasteiger partial charge in [-0.2, -0.15) is 0 Å². The first-order valence-corrected chi connectivity index (χ1v) is 4.87. The molecule has 0 saturated carbocycles. The Hall–Kier alpha value is -1.74. The van der Waals surface area contributed by atoms with Gasteiger partial charge in [-0.1, -0.05) is 42.3 Å². The fourth-order valence-corrected chi connectivity index (χ4v) is 2.39. The van der Waals surface area contributed by atoms with Crippen LogP contribution < -0.4 is 0 Å². The third-order valence-electron chi connectivity index (χ3n) is 3.02. The van der Waals surface area contributed by atoms with Crippen molar-refractivity contribution in [3.8, 4) is 12.3 Å². The summed E-state index contributed by atoms with van der Waals surface area (Å²) in [6.45, 7) is 0. The van der Waals surface area contributed by atoms with E-state index in [1.165, 1.54) is 21.9 Å². The molecule has 14 heavy (non-hydrogen) atoms. The minimum Gasteiger partial charge on any atom is -0.119 e. The zero-order valence-electron chi connectivity index (χ0n) is 7.83. The second-order valence-electron chi connectivity index (χ2n) is 3.79. The number of benzene rings is 2. The molecule has 0 radical (unpaired) electrons. The van der Waals surface area contributed by atoms with Crippen LogP contribution in [0.3, 0.4) is 0 Å². The van der Waals surface area contributed by atoms with Gasteiger partial charge in [0.15, 0.2) is 0 Å². The van der Waals surface area contributed by atoms with Crippen LogP contribution in [0.4, 0.5) is 0 Å². The summed E-state index contributed by atoms with van der Waals surface area (Å²) in [5.41, 5.74) is 2.74. The third kappa shape index (κ3) is 0.845. The monoisotopic (exact) mass is 178 g/mol. The molecule has 0 spiro atoms. The molecule has 66 valence electrons. The van der Waals surface area contributed by atoms with Crippen LogP contribution in [-0.2, 0) is 6.42 Å². The predicted octanol–water partition coefficient (Wildman–Crippen LogP) is 3.11. The number of hydrogen-bond donors (Lipinski definition) is 0. The van der Waals surface area contributed by atoms with Crippen LogP contribution >= 0.6 is 0 Å². The summed E-state index contributed by atoms with van der Waals surface area (Å²) in [6, 6.07) is 12.9. The third-order valence-corrected chi connectivity index (χ3v) is 3.02. The van der Waals surface area contributed by atoms with Gasteiger partial charge in [-0.3, -0.25) is 0 Å². The first kappa shape index (κ1) is 7.64. The zero-order valence-corrected chi connectivity index (χ0v) is 7.83. The van der Waals surface area contributed by atoms with Crippen LogP contribution in [0.15, 0.2) is 36.4 Å². The molecule has 2 aromatic carbocycles. The summed E-state index contributed by atoms with van der Waals surface area (Å²) in [5, 5.41) is 2.70. The maximum Gasteiger partial charge on any atom is 0.0496 e. The molecular formula is C14H10. The van der Waals surface area contributed by atoms with Crippen LogP contribution in [0.25, 0.3) is 10.8 Å². The summed E-state index contributed by atoms with van der Waals surface area (Å²) >= 11 is 0. The lowest BCUT2D eigenvalue weighted by atomic mass is 10.0. The molecule has 0 bridgehead atoms. The summed E-state index contributed by atoms with van der Waals surface area (Å²) in [4.78, 5) is 0. The van der Waals surface area contributed by atoms with Gasteiger partial charge in [0.25, 0.3) is 0 Å². The average Bonchev–Trinajstić information content (AvgIpc) is 2.60. The second-order valence-corrected chi connectivity index (χ2v) is 3.79. The van der Waals surface area contributed by atoms with E-state index in [0.29, 0.717) is 0 Å². The Morgan fingerprint density at radius 3 is 2.71 bits per heavy atom. The Morgan fingerprint density at radius 2 is 1.93 bits per heavy atom. The van der Waals surface area contributed by atoms with Crippen LogP contribution in [0.2, 0.25) is 0 Å². The van der Waals surface area contributed by atoms with E-state index in [1.54, 1.807) is 0 Å². The molecular weight excluding hydrogens is 168 g/mol. The maximum atomic E-state index is 5.54. The highest BCUT2D eigenvalue weighted by molar-refractivity contribution is 5.91. The Labute approximate surface area is 83.6 Å². The molecule has 0 heterocycles. The molecule has 0 amide bonds. The molecule has 0 heteroatoms. The minimum absolute atomic E-state index is 0.288. The summed E-state index contributed by atoms with van der Waals surface area (Å²) in [7, 11) is 0. The average molecular weight is 178 g/mol. The van der Waals surface area contributed by atoms with Gasteiger partial charge in [0, 0.05) is 5.92 Å². The molecule has 0 fully saturated rings. The van der Waals surface area contributed by atoms with Crippen molar-refractivity contribution < 1.29 is 0 Å². The van der Waals surface area contributed by atoms with Crippen LogP contribution in [0, 0.1) is 12.3 Å². The van der Waals surface area contributed by atoms with E-state index in [0.717, 1.165) is 6.42 Å². The molecule has 0 aromatic heterocycles. The first-order valence-electron chi connectivity index (χ1n) is 4.87. The lowest BCUT2D eigenvalue weighted by molar-refractivity contribution is 0.915. The normalized spacial score (nSPS) is 18.4. The zero-order chi connectivity index (χ0) is 9.54. The minimum atomic E-state index is 0.288. The van der Waals surface area contributed by atoms with Crippen LogP contribution in [0.5, 0.6) is 0 Å². The van der Waals surface area contributed by atoms with E-state index in [9.17, 15) is 0 Å². The highest BCUT2D eigenvalue weighted by Crippen LogP contribution is 2.37. The van der Waals surface area contributed by atoms with Gasteiger partial charge in [0.2, 0.25) is 0 Å². The van der Waals surface area contributed by atoms with Gasteiger partial charge in [0.05, 0.1) is 0 Å². The molecule has 3 rings (SSSR count). The van der Waals surface area contributed by atoms with Gasteiger partial charge in [-0.25, -0.2) is 0 Å². The summed E-state index contributed by atoms with van der Waals surface area (Å²) in [6.07, 6.45) is 6.55. The highest BCUT2D eigenvalue weighted by atomic mass is 14.2. The molecule has 1 atom stereocenters. The molecule has 2 aromatic rings. The molecule has 0 N–H and O–H groups in total. The van der Waals surface area contributed by atoms with Crippen molar-refractivity contribution in [2.24, 2.45) is 0 Å². The number of hydrogen-bond acceptors (Lipinski definition) is 0. The highest BCUT2D eigenvalue weighted by Gasteiger charge is 2.21. The fourth-order valence-electron chi connectivity index (χ4n) is 2.39. The largest absolute Gasteiger partial charge is 0.119 e. The molecule has 0 saturated heterocycles. The van der Waals surface area contributed by atoms with E-state index < -0.39 is 0 Å². The lowest BCUT2D eigenvalue weighted by Crippen LogP contribution is -1.90. The van der Waals surface area contributed by atoms with Crippen molar-refractivity contribution in [2.75, 3.05) is 0 Å². The predicted molar refractivity (Wildman–Crippen MR) is 59.2 cm³/mol. The van der Waals surface area contributed by atoms with Crippen molar-refractivity contribution in [3.63, 3.8) is 0 Å².